The zero-order valence-electron chi connectivity index (χ0n) is 30.8. The SMILES string of the molecule is COC(=O)c1cccc(C[C@@H]2CC[C@@H](C(=O)N[C@@H](C)C(=O)CCc3ccc(C(=N)N)cc3)C2)c1.COC(=O)c1cccc(C[C@@H]2CC[C@@H](C(=O)O)C2)c1. The Labute approximate surface area is 311 Å². The van der Waals surface area contributed by atoms with Crippen LogP contribution in [0.1, 0.15) is 94.8 Å². The number of rotatable bonds is 14. The number of esters is 2. The van der Waals surface area contributed by atoms with E-state index in [1.165, 1.54) is 14.2 Å². The molecule has 0 unspecified atom stereocenters. The number of nitrogen functional groups attached to an aromatic ring is 1. The fraction of sp³-hybridized carbons (Fsp3) is 0.429. The van der Waals surface area contributed by atoms with Crippen LogP contribution in [0, 0.1) is 29.1 Å². The van der Waals surface area contributed by atoms with Crippen LogP contribution < -0.4 is 11.1 Å². The van der Waals surface area contributed by atoms with Gasteiger partial charge >= 0.3 is 17.9 Å². The average molecular weight is 726 g/mol. The molecule has 0 saturated heterocycles. The summed E-state index contributed by atoms with van der Waals surface area (Å²) in [4.78, 5) is 59.4. The number of methoxy groups -OCH3 is 2. The smallest absolute Gasteiger partial charge is 0.337 e. The first-order valence-corrected chi connectivity index (χ1v) is 18.2. The quantitative estimate of drug-likeness (QED) is 0.0887. The summed E-state index contributed by atoms with van der Waals surface area (Å²) in [6, 6.07) is 21.6. The zero-order valence-corrected chi connectivity index (χ0v) is 30.8. The van der Waals surface area contributed by atoms with Crippen molar-refractivity contribution in [3.63, 3.8) is 0 Å². The number of carbonyl (C=O) groups excluding carboxylic acids is 4. The number of hydrogen-bond acceptors (Lipinski definition) is 8. The molecule has 5 atom stereocenters. The third-order valence-electron chi connectivity index (χ3n) is 10.3. The summed E-state index contributed by atoms with van der Waals surface area (Å²) in [5.41, 5.74) is 10.3. The molecule has 2 aliphatic rings. The maximum atomic E-state index is 12.8. The van der Waals surface area contributed by atoms with E-state index in [2.05, 4.69) is 5.32 Å². The van der Waals surface area contributed by atoms with Gasteiger partial charge in [-0.3, -0.25) is 19.8 Å². The number of ketones is 1. The number of ether oxygens (including phenoxy) is 2. The van der Waals surface area contributed by atoms with Crippen LogP contribution in [0.2, 0.25) is 0 Å². The van der Waals surface area contributed by atoms with Gasteiger partial charge in [-0.05, 0) is 118 Å². The number of aliphatic carboxylic acids is 1. The number of benzene rings is 3. The molecule has 0 aromatic heterocycles. The van der Waals surface area contributed by atoms with E-state index in [1.54, 1.807) is 31.2 Å². The van der Waals surface area contributed by atoms with Gasteiger partial charge in [0.25, 0.3) is 0 Å². The number of Topliss-reactive ketones (excluding diaryl/α,β-unsaturated/α-hetero) is 1. The number of carbonyl (C=O) groups is 5. The maximum Gasteiger partial charge on any atom is 0.337 e. The van der Waals surface area contributed by atoms with Crippen LogP contribution in [0.4, 0.5) is 0 Å². The molecule has 5 N–H and O–H groups in total. The van der Waals surface area contributed by atoms with Crippen molar-refractivity contribution in [1.29, 1.82) is 5.41 Å². The second-order valence-corrected chi connectivity index (χ2v) is 14.2. The highest BCUT2D eigenvalue weighted by Gasteiger charge is 2.32. The molecule has 0 heterocycles. The molecule has 5 rings (SSSR count). The minimum absolute atomic E-state index is 0.00170. The van der Waals surface area contributed by atoms with Crippen molar-refractivity contribution in [2.24, 2.45) is 29.4 Å². The molecule has 0 radical (unpaired) electrons. The van der Waals surface area contributed by atoms with Crippen molar-refractivity contribution in [3.05, 3.63) is 106 Å². The summed E-state index contributed by atoms with van der Waals surface area (Å²) in [6.07, 6.45) is 7.51. The Morgan fingerprint density at radius 1 is 0.755 bits per heavy atom. The Bertz CT molecular complexity index is 1770. The highest BCUT2D eigenvalue weighted by Crippen LogP contribution is 2.34. The summed E-state index contributed by atoms with van der Waals surface area (Å²) < 4.78 is 9.48. The van der Waals surface area contributed by atoms with Crippen LogP contribution >= 0.6 is 0 Å². The first kappa shape index (κ1) is 40.5. The lowest BCUT2D eigenvalue weighted by Crippen LogP contribution is -2.41. The van der Waals surface area contributed by atoms with Crippen molar-refractivity contribution in [2.45, 2.75) is 77.2 Å². The van der Waals surface area contributed by atoms with Crippen LogP contribution in [0.5, 0.6) is 0 Å². The van der Waals surface area contributed by atoms with Crippen molar-refractivity contribution >= 4 is 35.4 Å². The van der Waals surface area contributed by atoms with Crippen molar-refractivity contribution in [3.8, 4) is 0 Å². The van der Waals surface area contributed by atoms with E-state index in [0.717, 1.165) is 68.1 Å². The highest BCUT2D eigenvalue weighted by atomic mass is 16.5. The van der Waals surface area contributed by atoms with Gasteiger partial charge in [-0.1, -0.05) is 48.5 Å². The molecule has 3 aromatic carbocycles. The standard InChI is InChI=1S/C27H33N3O4.C15H18O4/c1-17(24(31)13-9-18-6-10-21(11-7-18)25(28)29)30-26(32)22-12-8-20(15-22)14-19-4-3-5-23(16-19)27(33)34-2;1-19-15(18)13-4-2-3-10(9-13)7-11-5-6-12(8-11)14(16)17/h3-7,10-11,16-17,20,22H,8-9,12-15H2,1-2H3,(H3,28,29)(H,30,32);2-4,9,11-12H,5-8H2,1H3,(H,16,17)/t17-,20-,22+;11-,12+/m00/s1. The number of aryl methyl sites for hydroxylation is 1. The molecule has 2 saturated carbocycles. The predicted octanol–water partition coefficient (Wildman–Crippen LogP) is 5.94. The Hall–Kier alpha value is -5.32. The Morgan fingerprint density at radius 3 is 1.74 bits per heavy atom. The van der Waals surface area contributed by atoms with Crippen molar-refractivity contribution in [2.75, 3.05) is 14.2 Å². The lowest BCUT2D eigenvalue weighted by atomic mass is 9.95. The number of amides is 1. The van der Waals surface area contributed by atoms with Gasteiger partial charge in [0.05, 0.1) is 37.3 Å². The van der Waals surface area contributed by atoms with Crippen LogP contribution in [0.25, 0.3) is 0 Å². The molecule has 53 heavy (non-hydrogen) atoms. The van der Waals surface area contributed by atoms with Gasteiger partial charge in [0.2, 0.25) is 5.91 Å². The Kier molecular flexibility index (Phi) is 14.9. The predicted molar refractivity (Wildman–Crippen MR) is 201 cm³/mol. The van der Waals surface area contributed by atoms with Gasteiger partial charge in [0.15, 0.2) is 5.78 Å². The molecule has 2 fully saturated rings. The van der Waals surface area contributed by atoms with E-state index in [9.17, 15) is 24.0 Å². The summed E-state index contributed by atoms with van der Waals surface area (Å²) in [7, 11) is 2.73. The number of carboxylic acids is 1. The van der Waals surface area contributed by atoms with Gasteiger partial charge in [-0.25, -0.2) is 9.59 Å². The topological polar surface area (TPSA) is 186 Å². The first-order valence-electron chi connectivity index (χ1n) is 18.2. The summed E-state index contributed by atoms with van der Waals surface area (Å²) in [5, 5.41) is 19.3. The van der Waals surface area contributed by atoms with Crippen molar-refractivity contribution in [1.82, 2.24) is 5.32 Å². The molecule has 0 bridgehead atoms. The van der Waals surface area contributed by atoms with Crippen LogP contribution in [-0.2, 0) is 43.1 Å². The normalized spacial score (nSPS) is 19.6. The van der Waals surface area contributed by atoms with E-state index in [4.69, 9.17) is 25.7 Å². The second-order valence-electron chi connectivity index (χ2n) is 14.2. The van der Waals surface area contributed by atoms with E-state index in [1.807, 2.05) is 48.5 Å². The van der Waals surface area contributed by atoms with Gasteiger partial charge in [-0.2, -0.15) is 0 Å². The molecular formula is C42H51N3O8. The molecule has 11 heteroatoms. The summed E-state index contributed by atoms with van der Waals surface area (Å²) >= 11 is 0. The van der Waals surface area contributed by atoms with Gasteiger partial charge in [0, 0.05) is 17.9 Å². The monoisotopic (exact) mass is 725 g/mol. The van der Waals surface area contributed by atoms with Gasteiger partial charge in [-0.15, -0.1) is 0 Å². The minimum atomic E-state index is -0.689. The van der Waals surface area contributed by atoms with Crippen LogP contribution in [0.15, 0.2) is 72.8 Å². The third kappa shape index (κ3) is 12.1. The minimum Gasteiger partial charge on any atom is -0.481 e. The van der Waals surface area contributed by atoms with Gasteiger partial charge < -0.3 is 25.6 Å². The Balaban J connectivity index is 0.000000278. The highest BCUT2D eigenvalue weighted by molar-refractivity contribution is 5.95. The van der Waals surface area contributed by atoms with Gasteiger partial charge in [0.1, 0.15) is 5.84 Å². The summed E-state index contributed by atoms with van der Waals surface area (Å²) in [6.45, 7) is 1.74. The van der Waals surface area contributed by atoms with E-state index in [0.29, 0.717) is 41.4 Å². The zero-order chi connectivity index (χ0) is 38.5. The molecule has 2 aliphatic carbocycles. The summed E-state index contributed by atoms with van der Waals surface area (Å²) in [5.74, 6) is -0.947. The van der Waals surface area contributed by atoms with Crippen LogP contribution in [0.3, 0.4) is 0 Å². The number of carboxylic acid groups (broad SMARTS) is 1. The van der Waals surface area contributed by atoms with Crippen LogP contribution in [-0.4, -0.2) is 60.8 Å². The van der Waals surface area contributed by atoms with E-state index >= 15 is 0 Å². The number of nitrogens with one attached hydrogen (secondary N) is 2. The molecule has 11 nitrogen and oxygen atoms in total. The first-order chi connectivity index (χ1) is 25.4. The molecule has 0 aliphatic heterocycles. The molecule has 3 aromatic rings. The lowest BCUT2D eigenvalue weighted by molar-refractivity contribution is -0.141. The largest absolute Gasteiger partial charge is 0.481 e. The van der Waals surface area contributed by atoms with Crippen molar-refractivity contribution < 1.29 is 38.6 Å². The average Bonchev–Trinajstić information content (AvgIpc) is 3.84. The van der Waals surface area contributed by atoms with E-state index < -0.39 is 12.0 Å². The number of hydrogen-bond donors (Lipinski definition) is 4. The maximum absolute atomic E-state index is 12.8. The third-order valence-corrected chi connectivity index (χ3v) is 10.3. The lowest BCUT2D eigenvalue weighted by Gasteiger charge is -2.17. The van der Waals surface area contributed by atoms with E-state index in [-0.39, 0.29) is 41.3 Å². The number of amidine groups is 1. The fourth-order valence-corrected chi connectivity index (χ4v) is 7.28. The number of nitrogens with two attached hydrogens (primary N) is 1. The second kappa shape index (κ2) is 19.5. The Morgan fingerprint density at radius 2 is 1.26 bits per heavy atom. The molecule has 1 amide bonds. The molecule has 0 spiro atoms. The molecule has 282 valence electrons. The fourth-order valence-electron chi connectivity index (χ4n) is 7.28. The molecular weight excluding hydrogens is 674 g/mol.